The van der Waals surface area contributed by atoms with Gasteiger partial charge in [-0.15, -0.1) is 11.3 Å². The van der Waals surface area contributed by atoms with Crippen LogP contribution >= 0.6 is 27.3 Å². The summed E-state index contributed by atoms with van der Waals surface area (Å²) in [4.78, 5) is 10.6. The smallest absolute Gasteiger partial charge is 0.345 e. The van der Waals surface area contributed by atoms with E-state index < -0.39 is 22.0 Å². The molecule has 9 heteroatoms. The molecule has 1 heterocycles. The molecule has 108 valence electrons. The van der Waals surface area contributed by atoms with Crippen molar-refractivity contribution < 1.29 is 23.4 Å². The predicted octanol–water partition coefficient (Wildman–Crippen LogP) is 1.50. The first-order chi connectivity index (χ1) is 8.69. The lowest BCUT2D eigenvalue weighted by Gasteiger charge is -2.18. The van der Waals surface area contributed by atoms with Gasteiger partial charge in [0, 0.05) is 12.6 Å². The van der Waals surface area contributed by atoms with E-state index in [2.05, 4.69) is 20.7 Å². The number of aromatic carboxylic acids is 1. The average Bonchev–Trinajstić information content (AvgIpc) is 2.70. The molecule has 0 radical (unpaired) electrons. The second kappa shape index (κ2) is 6.31. The van der Waals surface area contributed by atoms with E-state index in [1.807, 2.05) is 0 Å². The molecule has 0 aliphatic heterocycles. The highest BCUT2D eigenvalue weighted by Crippen LogP contribution is 2.31. The fraction of sp³-hybridized carbons (Fsp3) is 0.500. The van der Waals surface area contributed by atoms with Gasteiger partial charge in [0.15, 0.2) is 0 Å². The third-order valence-corrected chi connectivity index (χ3v) is 6.44. The number of thiophene rings is 1. The first-order valence-electron chi connectivity index (χ1n) is 5.35. The molecule has 2 unspecified atom stereocenters. The zero-order chi connectivity index (χ0) is 14.8. The van der Waals surface area contributed by atoms with Gasteiger partial charge in [-0.1, -0.05) is 6.92 Å². The van der Waals surface area contributed by atoms with Gasteiger partial charge in [-0.2, -0.15) is 0 Å². The van der Waals surface area contributed by atoms with Crippen LogP contribution in [0.1, 0.15) is 23.5 Å². The zero-order valence-corrected chi connectivity index (χ0v) is 13.5. The predicted molar refractivity (Wildman–Crippen MR) is 75.0 cm³/mol. The minimum atomic E-state index is -3.82. The average molecular weight is 372 g/mol. The van der Waals surface area contributed by atoms with Crippen molar-refractivity contribution in [2.24, 2.45) is 5.92 Å². The molecule has 1 aromatic heterocycles. The molecule has 1 aromatic rings. The number of carbonyl (C=O) groups is 1. The number of aliphatic hydroxyl groups excluding tert-OH is 1. The summed E-state index contributed by atoms with van der Waals surface area (Å²) < 4.78 is 26.9. The first-order valence-corrected chi connectivity index (χ1v) is 8.44. The molecule has 0 saturated carbocycles. The Morgan fingerprint density at radius 1 is 1.53 bits per heavy atom. The number of hydrogen-bond acceptors (Lipinski definition) is 5. The minimum absolute atomic E-state index is 0.0601. The summed E-state index contributed by atoms with van der Waals surface area (Å²) >= 11 is 3.89. The number of hydrogen-bond donors (Lipinski definition) is 3. The summed E-state index contributed by atoms with van der Waals surface area (Å²) in [6.45, 7) is 3.20. The van der Waals surface area contributed by atoms with Crippen LogP contribution in [-0.4, -0.2) is 37.2 Å². The van der Waals surface area contributed by atoms with Crippen molar-refractivity contribution in [1.82, 2.24) is 4.72 Å². The van der Waals surface area contributed by atoms with Crippen LogP contribution in [0.15, 0.2) is 14.7 Å². The van der Waals surface area contributed by atoms with Crippen molar-refractivity contribution in [3.8, 4) is 0 Å². The Morgan fingerprint density at radius 3 is 2.53 bits per heavy atom. The Balaban J connectivity index is 3.04. The topological polar surface area (TPSA) is 104 Å². The van der Waals surface area contributed by atoms with Crippen LogP contribution in [-0.2, 0) is 10.0 Å². The number of halogens is 1. The standard InChI is InChI=1S/C10H14BrNO5S2/c1-5(4-13)6(2)12-19(16,17)8-3-7(10(14)15)18-9(8)11/h3,5-6,12-13H,4H2,1-2H3,(H,14,15). The second-order valence-corrected chi connectivity index (χ2v) is 8.18. The van der Waals surface area contributed by atoms with Crippen molar-refractivity contribution >= 4 is 43.3 Å². The van der Waals surface area contributed by atoms with Gasteiger partial charge in [0.25, 0.3) is 0 Å². The van der Waals surface area contributed by atoms with Crippen LogP contribution in [0.2, 0.25) is 0 Å². The maximum atomic E-state index is 12.1. The van der Waals surface area contributed by atoms with E-state index in [9.17, 15) is 13.2 Å². The molecule has 2 atom stereocenters. The van der Waals surface area contributed by atoms with E-state index in [0.717, 1.165) is 17.4 Å². The molecule has 19 heavy (non-hydrogen) atoms. The fourth-order valence-corrected chi connectivity index (χ4v) is 4.98. The number of rotatable bonds is 6. The summed E-state index contributed by atoms with van der Waals surface area (Å²) in [6, 6.07) is 0.644. The number of nitrogens with one attached hydrogen (secondary N) is 1. The Hall–Kier alpha value is -0.480. The molecular weight excluding hydrogens is 358 g/mol. The summed E-state index contributed by atoms with van der Waals surface area (Å²) in [6.07, 6.45) is 0. The molecule has 0 fully saturated rings. The monoisotopic (exact) mass is 371 g/mol. The Bertz CT molecular complexity index is 568. The Kier molecular flexibility index (Phi) is 5.51. The van der Waals surface area contributed by atoms with E-state index in [4.69, 9.17) is 10.2 Å². The van der Waals surface area contributed by atoms with Crippen LogP contribution in [0, 0.1) is 5.92 Å². The molecule has 6 nitrogen and oxygen atoms in total. The van der Waals surface area contributed by atoms with Crippen LogP contribution in [0.25, 0.3) is 0 Å². The van der Waals surface area contributed by atoms with Crippen molar-refractivity contribution in [3.05, 3.63) is 14.7 Å². The van der Waals surface area contributed by atoms with Crippen LogP contribution in [0.4, 0.5) is 0 Å². The van der Waals surface area contributed by atoms with E-state index >= 15 is 0 Å². The van der Waals surface area contributed by atoms with E-state index in [0.29, 0.717) is 0 Å². The molecule has 0 amide bonds. The first kappa shape index (κ1) is 16.6. The lowest BCUT2D eigenvalue weighted by Crippen LogP contribution is -2.38. The molecular formula is C10H14BrNO5S2. The molecule has 0 spiro atoms. The van der Waals surface area contributed by atoms with E-state index in [-0.39, 0.29) is 26.1 Å². The largest absolute Gasteiger partial charge is 0.477 e. The van der Waals surface area contributed by atoms with Gasteiger partial charge in [0.1, 0.15) is 9.77 Å². The Labute approximate surface area is 123 Å². The van der Waals surface area contributed by atoms with Crippen LogP contribution < -0.4 is 4.72 Å². The van der Waals surface area contributed by atoms with Gasteiger partial charge in [0.2, 0.25) is 10.0 Å². The van der Waals surface area contributed by atoms with Crippen molar-refractivity contribution in [1.29, 1.82) is 0 Å². The third kappa shape index (κ3) is 3.99. The third-order valence-electron chi connectivity index (χ3n) is 2.64. The lowest BCUT2D eigenvalue weighted by molar-refractivity contribution is 0.0702. The van der Waals surface area contributed by atoms with Crippen molar-refractivity contribution in [2.75, 3.05) is 6.61 Å². The summed E-state index contributed by atoms with van der Waals surface area (Å²) in [5.41, 5.74) is 0. The van der Waals surface area contributed by atoms with Gasteiger partial charge < -0.3 is 10.2 Å². The van der Waals surface area contributed by atoms with Crippen LogP contribution in [0.3, 0.4) is 0 Å². The number of aliphatic hydroxyl groups is 1. The summed E-state index contributed by atoms with van der Waals surface area (Å²) in [5.74, 6) is -1.42. The number of sulfonamides is 1. The summed E-state index contributed by atoms with van der Waals surface area (Å²) in [7, 11) is -3.82. The van der Waals surface area contributed by atoms with Crippen molar-refractivity contribution in [3.63, 3.8) is 0 Å². The van der Waals surface area contributed by atoms with E-state index in [1.54, 1.807) is 13.8 Å². The fourth-order valence-electron chi connectivity index (χ4n) is 1.22. The molecule has 0 aromatic carbocycles. The van der Waals surface area contributed by atoms with Gasteiger partial charge in [-0.05, 0) is 34.8 Å². The maximum absolute atomic E-state index is 12.1. The molecule has 1 rings (SSSR count). The van der Waals surface area contributed by atoms with Gasteiger partial charge in [-0.3, -0.25) is 0 Å². The molecule has 0 aliphatic carbocycles. The van der Waals surface area contributed by atoms with E-state index in [1.165, 1.54) is 0 Å². The van der Waals surface area contributed by atoms with Crippen LogP contribution in [0.5, 0.6) is 0 Å². The highest BCUT2D eigenvalue weighted by molar-refractivity contribution is 9.11. The lowest BCUT2D eigenvalue weighted by atomic mass is 10.1. The second-order valence-electron chi connectivity index (χ2n) is 4.12. The Morgan fingerprint density at radius 2 is 2.11 bits per heavy atom. The highest BCUT2D eigenvalue weighted by atomic mass is 79.9. The SMILES string of the molecule is CC(CO)C(C)NS(=O)(=O)c1cc(C(=O)O)sc1Br. The quantitative estimate of drug-likeness (QED) is 0.702. The normalized spacial score (nSPS) is 15.2. The molecule has 0 bridgehead atoms. The maximum Gasteiger partial charge on any atom is 0.345 e. The molecule has 0 saturated heterocycles. The summed E-state index contributed by atoms with van der Waals surface area (Å²) in [5, 5.41) is 17.8. The zero-order valence-electron chi connectivity index (χ0n) is 10.3. The van der Waals surface area contributed by atoms with Crippen molar-refractivity contribution in [2.45, 2.75) is 24.8 Å². The molecule has 3 N–H and O–H groups in total. The van der Waals surface area contributed by atoms with Gasteiger partial charge in [-0.25, -0.2) is 17.9 Å². The number of carboxylic acid groups (broad SMARTS) is 1. The molecule has 0 aliphatic rings. The minimum Gasteiger partial charge on any atom is -0.477 e. The highest BCUT2D eigenvalue weighted by Gasteiger charge is 2.26. The van der Waals surface area contributed by atoms with Gasteiger partial charge >= 0.3 is 5.97 Å². The number of carboxylic acids is 1. The van der Waals surface area contributed by atoms with Gasteiger partial charge in [0.05, 0.1) is 3.79 Å².